The molecule has 2 aromatic carbocycles. The molecule has 2 amide bonds. The molecule has 7 nitrogen and oxygen atoms in total. The second kappa shape index (κ2) is 11.2. The predicted octanol–water partition coefficient (Wildman–Crippen LogP) is 5.22. The molecule has 1 heterocycles. The number of aryl methyl sites for hydroxylation is 1. The minimum absolute atomic E-state index is 0.0385. The first-order chi connectivity index (χ1) is 17.3. The first-order valence-electron chi connectivity index (χ1n) is 11.7. The number of carbonyl (C=O) groups is 2. The van der Waals surface area contributed by atoms with Gasteiger partial charge in [-0.05, 0) is 43.3 Å². The van der Waals surface area contributed by atoms with Crippen molar-refractivity contribution in [2.45, 2.75) is 39.3 Å². The Morgan fingerprint density at radius 2 is 1.65 bits per heavy atom. The molecule has 3 aromatic rings. The molecule has 0 fully saturated rings. The van der Waals surface area contributed by atoms with E-state index in [1.807, 2.05) is 52.0 Å². The maximum absolute atomic E-state index is 13.1. The molecule has 0 aliphatic heterocycles. The van der Waals surface area contributed by atoms with Crippen LogP contribution in [0.25, 0.3) is 5.69 Å². The lowest BCUT2D eigenvalue weighted by atomic mass is 9.92. The van der Waals surface area contributed by atoms with Gasteiger partial charge in [0, 0.05) is 30.7 Å². The number of hydrogen-bond acceptors (Lipinski definition) is 4. The molecule has 0 aliphatic carbocycles. The lowest BCUT2D eigenvalue weighted by molar-refractivity contribution is -0.137. The summed E-state index contributed by atoms with van der Waals surface area (Å²) in [4.78, 5) is 27.4. The predicted molar refractivity (Wildman–Crippen MR) is 135 cm³/mol. The average molecular weight is 517 g/mol. The van der Waals surface area contributed by atoms with Crippen LogP contribution in [0.1, 0.15) is 48.0 Å². The van der Waals surface area contributed by atoms with Crippen molar-refractivity contribution in [3.8, 4) is 5.69 Å². The zero-order chi connectivity index (χ0) is 27.4. The fourth-order valence-corrected chi connectivity index (χ4v) is 3.51. The molecule has 0 aliphatic rings. The van der Waals surface area contributed by atoms with Gasteiger partial charge in [-0.2, -0.15) is 18.3 Å². The summed E-state index contributed by atoms with van der Waals surface area (Å²) >= 11 is 0. The molecule has 1 aromatic heterocycles. The van der Waals surface area contributed by atoms with Crippen LogP contribution in [0.5, 0.6) is 0 Å². The van der Waals surface area contributed by atoms with Crippen LogP contribution < -0.4 is 5.32 Å². The Morgan fingerprint density at radius 1 is 1.03 bits per heavy atom. The highest BCUT2D eigenvalue weighted by Gasteiger charge is 2.30. The molecule has 198 valence electrons. The molecular weight excluding hydrogens is 485 g/mol. The Labute approximate surface area is 214 Å². The third-order valence-electron chi connectivity index (χ3n) is 5.67. The van der Waals surface area contributed by atoms with Crippen LogP contribution in [0.3, 0.4) is 0 Å². The Balaban J connectivity index is 1.84. The van der Waals surface area contributed by atoms with Gasteiger partial charge in [0.25, 0.3) is 5.91 Å². The number of nitrogens with zero attached hydrogens (tertiary/aromatic N) is 3. The van der Waals surface area contributed by atoms with E-state index >= 15 is 0 Å². The van der Waals surface area contributed by atoms with Crippen molar-refractivity contribution < 1.29 is 27.5 Å². The third kappa shape index (κ3) is 7.19. The topological polar surface area (TPSA) is 76.5 Å². The van der Waals surface area contributed by atoms with Crippen LogP contribution in [0.2, 0.25) is 0 Å². The van der Waals surface area contributed by atoms with E-state index in [2.05, 4.69) is 10.4 Å². The maximum Gasteiger partial charge on any atom is 0.416 e. The second-order valence-corrected chi connectivity index (χ2v) is 9.75. The molecule has 0 radical (unpaired) electrons. The van der Waals surface area contributed by atoms with Gasteiger partial charge in [0.1, 0.15) is 12.4 Å². The number of hydrogen-bond donors (Lipinski definition) is 1. The van der Waals surface area contributed by atoms with E-state index in [1.54, 1.807) is 10.7 Å². The van der Waals surface area contributed by atoms with Crippen LogP contribution >= 0.6 is 0 Å². The van der Waals surface area contributed by atoms with Gasteiger partial charge in [-0.15, -0.1) is 0 Å². The van der Waals surface area contributed by atoms with Crippen molar-refractivity contribution in [3.63, 3.8) is 0 Å². The quantitative estimate of drug-likeness (QED) is 0.445. The Hall–Kier alpha value is -3.66. The fourth-order valence-electron chi connectivity index (χ4n) is 3.51. The summed E-state index contributed by atoms with van der Waals surface area (Å²) < 4.78 is 45.4. The van der Waals surface area contributed by atoms with Crippen LogP contribution in [-0.4, -0.2) is 53.3 Å². The Kier molecular flexibility index (Phi) is 8.42. The normalized spacial score (nSPS) is 11.9. The van der Waals surface area contributed by atoms with Crippen LogP contribution in [-0.2, 0) is 21.1 Å². The SMILES string of the molecule is COCCN(CC(=O)Nc1cc(C(C)(C)C)nn1-c1ccc(C)cc1)C(=O)c1ccc(C(F)(F)F)cc1. The number of methoxy groups -OCH3 is 1. The van der Waals surface area contributed by atoms with Gasteiger partial charge in [-0.3, -0.25) is 9.59 Å². The number of carbonyl (C=O) groups excluding carboxylic acids is 2. The van der Waals surface area contributed by atoms with E-state index in [1.165, 1.54) is 12.0 Å². The number of rotatable bonds is 8. The molecule has 0 bridgehead atoms. The molecule has 0 unspecified atom stereocenters. The Morgan fingerprint density at radius 3 is 2.19 bits per heavy atom. The fraction of sp³-hybridized carbons (Fsp3) is 0.370. The highest BCUT2D eigenvalue weighted by atomic mass is 19.4. The lowest BCUT2D eigenvalue weighted by Crippen LogP contribution is -2.40. The molecule has 0 atom stereocenters. The molecule has 3 rings (SSSR count). The molecule has 37 heavy (non-hydrogen) atoms. The van der Waals surface area contributed by atoms with E-state index in [4.69, 9.17) is 4.74 Å². The largest absolute Gasteiger partial charge is 0.416 e. The van der Waals surface area contributed by atoms with E-state index in [9.17, 15) is 22.8 Å². The molecule has 0 saturated heterocycles. The van der Waals surface area contributed by atoms with E-state index < -0.39 is 23.6 Å². The van der Waals surface area contributed by atoms with Gasteiger partial charge >= 0.3 is 6.18 Å². The summed E-state index contributed by atoms with van der Waals surface area (Å²) in [6.07, 6.45) is -4.51. The van der Waals surface area contributed by atoms with Gasteiger partial charge in [-0.1, -0.05) is 38.5 Å². The van der Waals surface area contributed by atoms with Crippen molar-refractivity contribution in [3.05, 3.63) is 77.0 Å². The molecule has 0 spiro atoms. The number of amides is 2. The van der Waals surface area contributed by atoms with E-state index in [0.717, 1.165) is 41.2 Å². The average Bonchev–Trinajstić information content (AvgIpc) is 3.25. The van der Waals surface area contributed by atoms with Gasteiger partial charge in [0.05, 0.1) is 23.6 Å². The third-order valence-corrected chi connectivity index (χ3v) is 5.67. The van der Waals surface area contributed by atoms with Crippen molar-refractivity contribution in [1.29, 1.82) is 0 Å². The minimum atomic E-state index is -4.51. The lowest BCUT2D eigenvalue weighted by Gasteiger charge is -2.22. The smallest absolute Gasteiger partial charge is 0.383 e. The van der Waals surface area contributed by atoms with Crippen molar-refractivity contribution in [2.24, 2.45) is 0 Å². The van der Waals surface area contributed by atoms with E-state index in [-0.39, 0.29) is 30.7 Å². The van der Waals surface area contributed by atoms with Crippen molar-refractivity contribution >= 4 is 17.6 Å². The number of anilines is 1. The number of ether oxygens (including phenoxy) is 1. The number of nitrogens with one attached hydrogen (secondary N) is 1. The maximum atomic E-state index is 13.1. The zero-order valence-electron chi connectivity index (χ0n) is 21.5. The number of alkyl halides is 3. The van der Waals surface area contributed by atoms with Crippen LogP contribution in [0.4, 0.5) is 19.0 Å². The molecular formula is C27H31F3N4O3. The summed E-state index contributed by atoms with van der Waals surface area (Å²) in [5.74, 6) is -0.624. The first kappa shape index (κ1) is 27.9. The number of benzene rings is 2. The highest BCUT2D eigenvalue weighted by Crippen LogP contribution is 2.29. The number of halogens is 3. The summed E-state index contributed by atoms with van der Waals surface area (Å²) in [5.41, 5.74) is 1.50. The van der Waals surface area contributed by atoms with Crippen molar-refractivity contribution in [2.75, 3.05) is 32.1 Å². The van der Waals surface area contributed by atoms with E-state index in [0.29, 0.717) is 5.82 Å². The minimum Gasteiger partial charge on any atom is -0.383 e. The monoisotopic (exact) mass is 516 g/mol. The summed E-state index contributed by atoms with van der Waals surface area (Å²) in [6.45, 7) is 7.90. The van der Waals surface area contributed by atoms with Gasteiger partial charge < -0.3 is 15.0 Å². The van der Waals surface area contributed by atoms with Gasteiger partial charge in [-0.25, -0.2) is 4.68 Å². The van der Waals surface area contributed by atoms with Crippen molar-refractivity contribution in [1.82, 2.24) is 14.7 Å². The van der Waals surface area contributed by atoms with Crippen LogP contribution in [0, 0.1) is 6.92 Å². The van der Waals surface area contributed by atoms with Crippen LogP contribution in [0.15, 0.2) is 54.6 Å². The summed E-state index contributed by atoms with van der Waals surface area (Å²) in [6, 6.07) is 13.3. The summed E-state index contributed by atoms with van der Waals surface area (Å²) in [7, 11) is 1.45. The molecule has 1 N–H and O–H groups in total. The van der Waals surface area contributed by atoms with Gasteiger partial charge in [0.2, 0.25) is 5.91 Å². The standard InChI is InChI=1S/C27H31F3N4O3/c1-18-6-12-21(13-7-18)34-23(16-22(32-34)26(2,3)4)31-24(35)17-33(14-15-37-5)25(36)19-8-10-20(11-9-19)27(28,29)30/h6-13,16H,14-15,17H2,1-5H3,(H,31,35). The summed E-state index contributed by atoms with van der Waals surface area (Å²) in [5, 5.41) is 7.52. The molecule has 0 saturated carbocycles. The Bertz CT molecular complexity index is 1230. The second-order valence-electron chi connectivity index (χ2n) is 9.75. The zero-order valence-corrected chi connectivity index (χ0v) is 21.5. The molecule has 10 heteroatoms. The number of aromatic nitrogens is 2. The van der Waals surface area contributed by atoms with Gasteiger partial charge in [0.15, 0.2) is 0 Å². The first-order valence-corrected chi connectivity index (χ1v) is 11.7. The highest BCUT2D eigenvalue weighted by molar-refractivity contribution is 5.99.